The molecule has 2 aliphatic rings. The SMILES string of the molecule is Cc1ccc(C(=O)N2CCN(C(=O)NCc3cccc(C(=O)N4CCOCC4)c3)CC2)s1. The van der Waals surface area contributed by atoms with E-state index in [2.05, 4.69) is 5.32 Å². The maximum absolute atomic E-state index is 12.7. The van der Waals surface area contributed by atoms with Gasteiger partial charge in [-0.15, -0.1) is 11.3 Å². The van der Waals surface area contributed by atoms with E-state index in [9.17, 15) is 14.4 Å². The Labute approximate surface area is 191 Å². The number of rotatable bonds is 4. The van der Waals surface area contributed by atoms with Gasteiger partial charge in [-0.3, -0.25) is 9.59 Å². The second-order valence-corrected chi connectivity index (χ2v) is 9.24. The number of hydrogen-bond acceptors (Lipinski definition) is 5. The van der Waals surface area contributed by atoms with Crippen molar-refractivity contribution in [2.75, 3.05) is 52.5 Å². The van der Waals surface area contributed by atoms with Gasteiger partial charge in [0.2, 0.25) is 0 Å². The number of morpholine rings is 1. The monoisotopic (exact) mass is 456 g/mol. The number of nitrogens with zero attached hydrogens (tertiary/aromatic N) is 3. The average molecular weight is 457 g/mol. The number of amides is 4. The number of aryl methyl sites for hydroxylation is 1. The first-order valence-electron chi connectivity index (χ1n) is 10.9. The fourth-order valence-electron chi connectivity index (χ4n) is 3.87. The first kappa shape index (κ1) is 22.3. The van der Waals surface area contributed by atoms with Gasteiger partial charge < -0.3 is 24.8 Å². The smallest absolute Gasteiger partial charge is 0.317 e. The van der Waals surface area contributed by atoms with Crippen LogP contribution in [0.3, 0.4) is 0 Å². The Morgan fingerprint density at radius 2 is 1.59 bits per heavy atom. The lowest BCUT2D eigenvalue weighted by Gasteiger charge is -2.34. The molecule has 2 saturated heterocycles. The molecular formula is C23H28N4O4S. The van der Waals surface area contributed by atoms with Crippen molar-refractivity contribution >= 4 is 29.2 Å². The van der Waals surface area contributed by atoms with Crippen LogP contribution in [-0.2, 0) is 11.3 Å². The Hall–Kier alpha value is -2.91. The van der Waals surface area contributed by atoms with Crippen molar-refractivity contribution in [3.05, 3.63) is 57.3 Å². The molecule has 9 heteroatoms. The summed E-state index contributed by atoms with van der Waals surface area (Å²) in [6.45, 7) is 6.68. The van der Waals surface area contributed by atoms with Crippen LogP contribution in [0.2, 0.25) is 0 Å². The molecule has 1 N–H and O–H groups in total. The predicted molar refractivity (Wildman–Crippen MR) is 122 cm³/mol. The average Bonchev–Trinajstić information content (AvgIpc) is 3.28. The van der Waals surface area contributed by atoms with Crippen LogP contribution in [0.4, 0.5) is 4.79 Å². The summed E-state index contributed by atoms with van der Waals surface area (Å²) in [6.07, 6.45) is 0. The third-order valence-electron chi connectivity index (χ3n) is 5.72. The number of urea groups is 1. The minimum atomic E-state index is -0.158. The van der Waals surface area contributed by atoms with Crippen molar-refractivity contribution in [1.82, 2.24) is 20.0 Å². The summed E-state index contributed by atoms with van der Waals surface area (Å²) in [5.41, 5.74) is 1.49. The van der Waals surface area contributed by atoms with E-state index in [1.54, 1.807) is 20.8 Å². The van der Waals surface area contributed by atoms with Crippen molar-refractivity contribution in [3.8, 4) is 0 Å². The molecule has 2 aromatic rings. The number of ether oxygens (including phenoxy) is 1. The van der Waals surface area contributed by atoms with Crippen molar-refractivity contribution in [3.63, 3.8) is 0 Å². The zero-order chi connectivity index (χ0) is 22.5. The molecule has 0 bridgehead atoms. The molecular weight excluding hydrogens is 428 g/mol. The van der Waals surface area contributed by atoms with Crippen LogP contribution >= 0.6 is 11.3 Å². The Morgan fingerprint density at radius 3 is 2.28 bits per heavy atom. The first-order chi connectivity index (χ1) is 15.5. The predicted octanol–water partition coefficient (Wildman–Crippen LogP) is 2.20. The second-order valence-electron chi connectivity index (χ2n) is 7.95. The molecule has 170 valence electrons. The highest BCUT2D eigenvalue weighted by Crippen LogP contribution is 2.18. The molecule has 0 spiro atoms. The van der Waals surface area contributed by atoms with Gasteiger partial charge in [-0.2, -0.15) is 0 Å². The lowest BCUT2D eigenvalue weighted by molar-refractivity contribution is 0.0303. The third-order valence-corrected chi connectivity index (χ3v) is 6.71. The molecule has 3 heterocycles. The van der Waals surface area contributed by atoms with Crippen molar-refractivity contribution < 1.29 is 19.1 Å². The summed E-state index contributed by atoms with van der Waals surface area (Å²) in [4.78, 5) is 45.0. The highest BCUT2D eigenvalue weighted by molar-refractivity contribution is 7.13. The van der Waals surface area contributed by atoms with Gasteiger partial charge in [-0.1, -0.05) is 12.1 Å². The quantitative estimate of drug-likeness (QED) is 0.765. The molecule has 1 aromatic carbocycles. The summed E-state index contributed by atoms with van der Waals surface area (Å²) < 4.78 is 5.31. The van der Waals surface area contributed by atoms with Crippen LogP contribution in [0, 0.1) is 6.92 Å². The van der Waals surface area contributed by atoms with Crippen molar-refractivity contribution in [2.45, 2.75) is 13.5 Å². The molecule has 4 amide bonds. The summed E-state index contributed by atoms with van der Waals surface area (Å²) in [7, 11) is 0. The molecule has 0 unspecified atom stereocenters. The maximum Gasteiger partial charge on any atom is 0.317 e. The molecule has 4 rings (SSSR count). The molecule has 8 nitrogen and oxygen atoms in total. The summed E-state index contributed by atoms with van der Waals surface area (Å²) in [5.74, 6) is 0.0214. The highest BCUT2D eigenvalue weighted by atomic mass is 32.1. The van der Waals surface area contributed by atoms with E-state index in [0.717, 1.165) is 15.3 Å². The Kier molecular flexibility index (Phi) is 7.06. The van der Waals surface area contributed by atoms with E-state index in [-0.39, 0.29) is 17.8 Å². The fraction of sp³-hybridized carbons (Fsp3) is 0.435. The summed E-state index contributed by atoms with van der Waals surface area (Å²) >= 11 is 1.50. The number of thiophene rings is 1. The molecule has 0 aliphatic carbocycles. The molecule has 0 atom stereocenters. The van der Waals surface area contributed by atoms with E-state index >= 15 is 0 Å². The molecule has 0 radical (unpaired) electrons. The molecule has 1 aromatic heterocycles. The van der Waals surface area contributed by atoms with Gasteiger partial charge in [0, 0.05) is 56.3 Å². The van der Waals surface area contributed by atoms with Crippen LogP contribution in [0.5, 0.6) is 0 Å². The van der Waals surface area contributed by atoms with Crippen LogP contribution in [0.1, 0.15) is 30.5 Å². The number of benzene rings is 1. The Morgan fingerprint density at radius 1 is 0.906 bits per heavy atom. The van der Waals surface area contributed by atoms with Gasteiger partial charge >= 0.3 is 6.03 Å². The van der Waals surface area contributed by atoms with Crippen LogP contribution < -0.4 is 5.32 Å². The second kappa shape index (κ2) is 10.1. The van der Waals surface area contributed by atoms with Crippen LogP contribution in [-0.4, -0.2) is 85.0 Å². The first-order valence-corrected chi connectivity index (χ1v) is 11.7. The van der Waals surface area contributed by atoms with Crippen LogP contribution in [0.25, 0.3) is 0 Å². The maximum atomic E-state index is 12.7. The lowest BCUT2D eigenvalue weighted by Crippen LogP contribution is -2.53. The molecule has 0 saturated carbocycles. The lowest BCUT2D eigenvalue weighted by atomic mass is 10.1. The largest absolute Gasteiger partial charge is 0.378 e. The minimum Gasteiger partial charge on any atom is -0.378 e. The van der Waals surface area contributed by atoms with Gasteiger partial charge in [-0.05, 0) is 36.8 Å². The zero-order valence-electron chi connectivity index (χ0n) is 18.2. The Balaban J connectivity index is 1.26. The van der Waals surface area contributed by atoms with Gasteiger partial charge in [0.25, 0.3) is 11.8 Å². The van der Waals surface area contributed by atoms with E-state index in [0.29, 0.717) is 64.6 Å². The number of piperazine rings is 1. The van der Waals surface area contributed by atoms with Gasteiger partial charge in [0.1, 0.15) is 0 Å². The normalized spacial score (nSPS) is 16.7. The molecule has 32 heavy (non-hydrogen) atoms. The van der Waals surface area contributed by atoms with Gasteiger partial charge in [0.15, 0.2) is 0 Å². The van der Waals surface area contributed by atoms with E-state index in [1.807, 2.05) is 37.3 Å². The standard InChI is InChI=1S/C23H28N4O4S/c1-17-5-6-20(32-17)22(29)25-7-9-27(10-8-25)23(30)24-16-18-3-2-4-19(15-18)21(28)26-11-13-31-14-12-26/h2-6,15H,7-14,16H2,1H3,(H,24,30). The van der Waals surface area contributed by atoms with Gasteiger partial charge in [-0.25, -0.2) is 4.79 Å². The van der Waals surface area contributed by atoms with Crippen LogP contribution in [0.15, 0.2) is 36.4 Å². The highest BCUT2D eigenvalue weighted by Gasteiger charge is 2.25. The Bertz CT molecular complexity index is 978. The third kappa shape index (κ3) is 5.28. The van der Waals surface area contributed by atoms with Crippen molar-refractivity contribution in [2.24, 2.45) is 0 Å². The zero-order valence-corrected chi connectivity index (χ0v) is 19.0. The fourth-order valence-corrected chi connectivity index (χ4v) is 4.71. The number of hydrogen-bond donors (Lipinski definition) is 1. The molecule has 2 aliphatic heterocycles. The minimum absolute atomic E-state index is 0.0109. The van der Waals surface area contributed by atoms with E-state index in [1.165, 1.54) is 11.3 Å². The topological polar surface area (TPSA) is 82.2 Å². The number of carbonyl (C=O) groups is 3. The summed E-state index contributed by atoms with van der Waals surface area (Å²) in [6, 6.07) is 11.0. The van der Waals surface area contributed by atoms with E-state index < -0.39 is 0 Å². The molecule has 2 fully saturated rings. The van der Waals surface area contributed by atoms with E-state index in [4.69, 9.17) is 4.74 Å². The van der Waals surface area contributed by atoms with Gasteiger partial charge in [0.05, 0.1) is 18.1 Å². The number of carbonyl (C=O) groups excluding carboxylic acids is 3. The number of nitrogens with one attached hydrogen (secondary N) is 1. The van der Waals surface area contributed by atoms with Crippen molar-refractivity contribution in [1.29, 1.82) is 0 Å². The summed E-state index contributed by atoms with van der Waals surface area (Å²) in [5, 5.41) is 2.93.